The molecule has 1 heterocycles. The van der Waals surface area contributed by atoms with E-state index in [2.05, 4.69) is 0 Å². The van der Waals surface area contributed by atoms with Crippen molar-refractivity contribution in [1.29, 1.82) is 0 Å². The van der Waals surface area contributed by atoms with Gasteiger partial charge in [0.2, 0.25) is 10.0 Å². The van der Waals surface area contributed by atoms with E-state index < -0.39 is 10.0 Å². The van der Waals surface area contributed by atoms with Gasteiger partial charge in [-0.25, -0.2) is 8.42 Å². The highest BCUT2D eigenvalue weighted by molar-refractivity contribution is 7.89. The van der Waals surface area contributed by atoms with Crippen LogP contribution in [-0.4, -0.2) is 30.4 Å². The first-order chi connectivity index (χ1) is 8.05. The number of rotatable bonds is 3. The summed E-state index contributed by atoms with van der Waals surface area (Å²) < 4.78 is 26.3. The number of aromatic hydroxyl groups is 1. The van der Waals surface area contributed by atoms with Gasteiger partial charge < -0.3 is 5.11 Å². The van der Waals surface area contributed by atoms with E-state index in [4.69, 9.17) is 0 Å². The summed E-state index contributed by atoms with van der Waals surface area (Å²) in [5.74, 6) is -0.0154. The van der Waals surface area contributed by atoms with E-state index in [9.17, 15) is 13.5 Å². The Labute approximate surface area is 102 Å². The van der Waals surface area contributed by atoms with Crippen LogP contribution in [0.15, 0.2) is 29.2 Å². The maximum Gasteiger partial charge on any atom is 0.243 e. The fourth-order valence-corrected chi connectivity index (χ4v) is 4.12. The number of phenols is 1. The normalized spacial score (nSPS) is 21.8. The molecule has 1 aliphatic heterocycles. The lowest BCUT2D eigenvalue weighted by molar-refractivity contribution is 0.379. The molecular formula is C12H17NO3S. The molecule has 0 aliphatic carbocycles. The van der Waals surface area contributed by atoms with Crippen LogP contribution in [0, 0.1) is 0 Å². The number of nitrogens with zero attached hydrogens (tertiary/aromatic N) is 1. The molecule has 0 aromatic heterocycles. The molecule has 5 heteroatoms. The predicted octanol–water partition coefficient (Wildman–Crippen LogP) is 1.96. The zero-order chi connectivity index (χ0) is 12.5. The van der Waals surface area contributed by atoms with Crippen LogP contribution >= 0.6 is 0 Å². The summed E-state index contributed by atoms with van der Waals surface area (Å²) in [4.78, 5) is 0.179. The Kier molecular flexibility index (Phi) is 3.40. The van der Waals surface area contributed by atoms with Gasteiger partial charge in [0.05, 0.1) is 4.90 Å². The van der Waals surface area contributed by atoms with Gasteiger partial charge in [-0.2, -0.15) is 4.31 Å². The molecule has 1 aromatic rings. The Hall–Kier alpha value is -1.07. The lowest BCUT2D eigenvalue weighted by Gasteiger charge is -2.22. The van der Waals surface area contributed by atoms with Crippen LogP contribution in [0.4, 0.5) is 0 Å². The van der Waals surface area contributed by atoms with E-state index in [-0.39, 0.29) is 16.7 Å². The molecule has 1 unspecified atom stereocenters. The predicted molar refractivity (Wildman–Crippen MR) is 65.3 cm³/mol. The Morgan fingerprint density at radius 3 is 2.88 bits per heavy atom. The number of benzene rings is 1. The van der Waals surface area contributed by atoms with Gasteiger partial charge in [0.1, 0.15) is 5.75 Å². The number of hydrogen-bond donors (Lipinski definition) is 1. The summed E-state index contributed by atoms with van der Waals surface area (Å²) in [7, 11) is -3.45. The van der Waals surface area contributed by atoms with Gasteiger partial charge in [-0.1, -0.05) is 13.0 Å². The van der Waals surface area contributed by atoms with E-state index in [1.165, 1.54) is 18.2 Å². The highest BCUT2D eigenvalue weighted by Gasteiger charge is 2.34. The minimum Gasteiger partial charge on any atom is -0.508 e. The highest BCUT2D eigenvalue weighted by Crippen LogP contribution is 2.28. The van der Waals surface area contributed by atoms with E-state index in [0.29, 0.717) is 6.54 Å². The van der Waals surface area contributed by atoms with Crippen molar-refractivity contribution >= 4 is 10.0 Å². The first-order valence-corrected chi connectivity index (χ1v) is 7.30. The maximum atomic E-state index is 12.4. The monoisotopic (exact) mass is 255 g/mol. The molecule has 2 rings (SSSR count). The van der Waals surface area contributed by atoms with Crippen LogP contribution in [0.3, 0.4) is 0 Å². The molecule has 1 aromatic carbocycles. The van der Waals surface area contributed by atoms with Crippen LogP contribution in [0.25, 0.3) is 0 Å². The first kappa shape index (κ1) is 12.4. The van der Waals surface area contributed by atoms with Crippen molar-refractivity contribution in [2.75, 3.05) is 6.54 Å². The van der Waals surface area contributed by atoms with Crippen molar-refractivity contribution in [3.8, 4) is 5.75 Å². The van der Waals surface area contributed by atoms with Gasteiger partial charge in [0.25, 0.3) is 0 Å². The van der Waals surface area contributed by atoms with Crippen molar-refractivity contribution in [2.45, 2.75) is 37.1 Å². The summed E-state index contributed by atoms with van der Waals surface area (Å²) in [5, 5.41) is 9.36. The van der Waals surface area contributed by atoms with Gasteiger partial charge in [0, 0.05) is 12.6 Å². The highest BCUT2D eigenvalue weighted by atomic mass is 32.2. The fourth-order valence-electron chi connectivity index (χ4n) is 2.31. The summed E-state index contributed by atoms with van der Waals surface area (Å²) >= 11 is 0. The molecule has 1 aliphatic rings. The molecule has 17 heavy (non-hydrogen) atoms. The molecule has 4 nitrogen and oxygen atoms in total. The first-order valence-electron chi connectivity index (χ1n) is 5.86. The van der Waals surface area contributed by atoms with Crippen LogP contribution in [0.2, 0.25) is 0 Å². The van der Waals surface area contributed by atoms with Crippen molar-refractivity contribution < 1.29 is 13.5 Å². The Bertz CT molecular complexity index is 498. The topological polar surface area (TPSA) is 57.6 Å². The van der Waals surface area contributed by atoms with Crippen molar-refractivity contribution in [3.05, 3.63) is 24.3 Å². The molecule has 0 radical (unpaired) electrons. The van der Waals surface area contributed by atoms with Gasteiger partial charge >= 0.3 is 0 Å². The summed E-state index contributed by atoms with van der Waals surface area (Å²) in [6.07, 6.45) is 2.67. The van der Waals surface area contributed by atoms with Crippen LogP contribution in [0.1, 0.15) is 26.2 Å². The fraction of sp³-hybridized carbons (Fsp3) is 0.500. The molecule has 1 fully saturated rings. The second kappa shape index (κ2) is 4.66. The number of sulfonamides is 1. The van der Waals surface area contributed by atoms with E-state index in [1.54, 1.807) is 10.4 Å². The standard InChI is InChI=1S/C12H17NO3S/c1-2-10-5-4-8-13(10)17(15,16)12-7-3-6-11(14)9-12/h3,6-7,9-10,14H,2,4-5,8H2,1H3. The zero-order valence-corrected chi connectivity index (χ0v) is 10.7. The second-order valence-electron chi connectivity index (χ2n) is 4.32. The quantitative estimate of drug-likeness (QED) is 0.898. The molecule has 1 N–H and O–H groups in total. The Morgan fingerprint density at radius 2 is 2.24 bits per heavy atom. The summed E-state index contributed by atoms with van der Waals surface area (Å²) in [5.41, 5.74) is 0. The maximum absolute atomic E-state index is 12.4. The third kappa shape index (κ3) is 2.30. The molecule has 0 spiro atoms. The van der Waals surface area contributed by atoms with Crippen molar-refractivity contribution in [1.82, 2.24) is 4.31 Å². The van der Waals surface area contributed by atoms with Gasteiger partial charge in [-0.3, -0.25) is 0 Å². The van der Waals surface area contributed by atoms with Crippen molar-refractivity contribution in [2.24, 2.45) is 0 Å². The second-order valence-corrected chi connectivity index (χ2v) is 6.21. The van der Waals surface area contributed by atoms with E-state index in [1.807, 2.05) is 6.92 Å². The summed E-state index contributed by atoms with van der Waals surface area (Å²) in [6.45, 7) is 2.58. The number of hydrogen-bond acceptors (Lipinski definition) is 3. The smallest absolute Gasteiger partial charge is 0.243 e. The molecule has 0 saturated carbocycles. The largest absolute Gasteiger partial charge is 0.508 e. The average Bonchev–Trinajstić information content (AvgIpc) is 2.77. The Morgan fingerprint density at radius 1 is 1.47 bits per heavy atom. The van der Waals surface area contributed by atoms with E-state index in [0.717, 1.165) is 19.3 Å². The molecule has 0 amide bonds. The molecule has 94 valence electrons. The third-order valence-electron chi connectivity index (χ3n) is 3.22. The summed E-state index contributed by atoms with van der Waals surface area (Å²) in [6, 6.07) is 5.96. The van der Waals surface area contributed by atoms with E-state index >= 15 is 0 Å². The molecule has 1 saturated heterocycles. The van der Waals surface area contributed by atoms with Crippen molar-refractivity contribution in [3.63, 3.8) is 0 Å². The zero-order valence-electron chi connectivity index (χ0n) is 9.83. The molecule has 0 bridgehead atoms. The van der Waals surface area contributed by atoms with Crippen LogP contribution in [0.5, 0.6) is 5.75 Å². The van der Waals surface area contributed by atoms with Gasteiger partial charge in [-0.05, 0) is 37.5 Å². The SMILES string of the molecule is CCC1CCCN1S(=O)(=O)c1cccc(O)c1. The van der Waals surface area contributed by atoms with Gasteiger partial charge in [0.15, 0.2) is 0 Å². The molecule has 1 atom stereocenters. The lowest BCUT2D eigenvalue weighted by Crippen LogP contribution is -2.35. The number of phenolic OH excluding ortho intramolecular Hbond substituents is 1. The average molecular weight is 255 g/mol. The minimum absolute atomic E-state index is 0.0154. The third-order valence-corrected chi connectivity index (χ3v) is 5.17. The lowest BCUT2D eigenvalue weighted by atomic mass is 10.2. The minimum atomic E-state index is -3.45. The van der Waals surface area contributed by atoms with Crippen LogP contribution < -0.4 is 0 Å². The van der Waals surface area contributed by atoms with Crippen LogP contribution in [-0.2, 0) is 10.0 Å². The van der Waals surface area contributed by atoms with Gasteiger partial charge in [-0.15, -0.1) is 0 Å². The Balaban J connectivity index is 2.36. The molecular weight excluding hydrogens is 238 g/mol.